The van der Waals surface area contributed by atoms with Crippen molar-refractivity contribution in [2.45, 2.75) is 46.0 Å². The number of amides is 2. The zero-order chi connectivity index (χ0) is 16.9. The molecular weight excluding hydrogens is 306 g/mol. The smallest absolute Gasteiger partial charge is 0.259 e. The van der Waals surface area contributed by atoms with Crippen molar-refractivity contribution >= 4 is 11.8 Å². The molecule has 4 rings (SSSR count). The number of hydrogen-bond donors (Lipinski definition) is 0. The normalized spacial score (nSPS) is 27.3. The number of carbonyl (C=O) groups excluding carboxylic acids is 2. The molecule has 0 radical (unpaired) electrons. The molecule has 3 aliphatic rings. The van der Waals surface area contributed by atoms with Crippen molar-refractivity contribution in [3.05, 3.63) is 17.0 Å². The number of likely N-dealkylation sites (tertiary alicyclic amines) is 2. The van der Waals surface area contributed by atoms with Crippen molar-refractivity contribution in [2.75, 3.05) is 26.2 Å². The average Bonchev–Trinajstić information content (AvgIpc) is 3.17. The lowest BCUT2D eigenvalue weighted by molar-refractivity contribution is -0.145. The van der Waals surface area contributed by atoms with Crippen LogP contribution in [-0.4, -0.2) is 52.9 Å². The highest BCUT2D eigenvalue weighted by atomic mass is 16.5. The van der Waals surface area contributed by atoms with Gasteiger partial charge in [0.1, 0.15) is 11.3 Å². The summed E-state index contributed by atoms with van der Waals surface area (Å²) in [6, 6.07) is 0. The second kappa shape index (κ2) is 5.60. The summed E-state index contributed by atoms with van der Waals surface area (Å²) in [5.41, 5.74) is 0.829. The first kappa shape index (κ1) is 15.7. The molecule has 2 saturated heterocycles. The van der Waals surface area contributed by atoms with Crippen LogP contribution in [0.1, 0.15) is 53.9 Å². The summed E-state index contributed by atoms with van der Waals surface area (Å²) < 4.78 is 5.13. The molecule has 6 heteroatoms. The molecule has 0 N–H and O–H groups in total. The van der Waals surface area contributed by atoms with Crippen LogP contribution in [0.3, 0.4) is 0 Å². The quantitative estimate of drug-likeness (QED) is 0.851. The van der Waals surface area contributed by atoms with Crippen LogP contribution < -0.4 is 0 Å². The Balaban J connectivity index is 1.50. The number of aryl methyl sites for hydroxylation is 2. The van der Waals surface area contributed by atoms with Gasteiger partial charge in [-0.25, -0.2) is 0 Å². The van der Waals surface area contributed by atoms with Crippen LogP contribution in [0, 0.1) is 25.2 Å². The van der Waals surface area contributed by atoms with Crippen LogP contribution in [0.2, 0.25) is 0 Å². The van der Waals surface area contributed by atoms with E-state index in [-0.39, 0.29) is 17.2 Å². The van der Waals surface area contributed by atoms with Gasteiger partial charge in [-0.3, -0.25) is 9.59 Å². The topological polar surface area (TPSA) is 66.7 Å². The minimum atomic E-state index is -0.359. The Hall–Kier alpha value is -1.85. The van der Waals surface area contributed by atoms with Gasteiger partial charge in [-0.05, 0) is 51.9 Å². The predicted octanol–water partition coefficient (Wildman–Crippen LogP) is 2.16. The fourth-order valence-corrected chi connectivity index (χ4v) is 4.31. The van der Waals surface area contributed by atoms with Gasteiger partial charge in [-0.1, -0.05) is 5.16 Å². The van der Waals surface area contributed by atoms with Crippen molar-refractivity contribution in [2.24, 2.45) is 11.3 Å². The van der Waals surface area contributed by atoms with Crippen molar-refractivity contribution in [3.63, 3.8) is 0 Å². The highest BCUT2D eigenvalue weighted by Crippen LogP contribution is 2.42. The second-order valence-electron chi connectivity index (χ2n) is 7.75. The minimum absolute atomic E-state index is 0.0461. The Bertz CT molecular complexity index is 660. The molecule has 1 atom stereocenters. The molecule has 1 spiro atoms. The van der Waals surface area contributed by atoms with E-state index in [9.17, 15) is 9.59 Å². The molecule has 3 heterocycles. The summed E-state index contributed by atoms with van der Waals surface area (Å²) >= 11 is 0. The molecule has 130 valence electrons. The first-order valence-corrected chi connectivity index (χ1v) is 9.02. The molecule has 1 aromatic heterocycles. The molecule has 24 heavy (non-hydrogen) atoms. The van der Waals surface area contributed by atoms with Crippen molar-refractivity contribution in [1.82, 2.24) is 15.0 Å². The van der Waals surface area contributed by atoms with E-state index >= 15 is 0 Å². The Morgan fingerprint density at radius 3 is 2.75 bits per heavy atom. The van der Waals surface area contributed by atoms with E-state index in [0.29, 0.717) is 36.0 Å². The Morgan fingerprint density at radius 2 is 2.08 bits per heavy atom. The molecule has 2 aliphatic heterocycles. The molecule has 0 aromatic carbocycles. The van der Waals surface area contributed by atoms with E-state index < -0.39 is 0 Å². The molecule has 1 aromatic rings. The molecule has 0 bridgehead atoms. The van der Waals surface area contributed by atoms with Crippen molar-refractivity contribution in [1.29, 1.82) is 0 Å². The third kappa shape index (κ3) is 2.52. The lowest BCUT2D eigenvalue weighted by atomic mass is 9.78. The zero-order valence-corrected chi connectivity index (χ0v) is 14.5. The number of piperidine rings is 1. The highest BCUT2D eigenvalue weighted by Gasteiger charge is 2.50. The van der Waals surface area contributed by atoms with Gasteiger partial charge in [-0.15, -0.1) is 0 Å². The summed E-state index contributed by atoms with van der Waals surface area (Å²) in [6.07, 6.45) is 5.24. The van der Waals surface area contributed by atoms with Crippen LogP contribution in [0.4, 0.5) is 0 Å². The predicted molar refractivity (Wildman–Crippen MR) is 87.5 cm³/mol. The van der Waals surface area contributed by atoms with E-state index in [0.717, 1.165) is 32.4 Å². The van der Waals surface area contributed by atoms with Crippen LogP contribution in [0.15, 0.2) is 4.52 Å². The van der Waals surface area contributed by atoms with Gasteiger partial charge in [0.15, 0.2) is 0 Å². The van der Waals surface area contributed by atoms with Gasteiger partial charge in [0.05, 0.1) is 11.1 Å². The maximum Gasteiger partial charge on any atom is 0.259 e. The van der Waals surface area contributed by atoms with Crippen LogP contribution in [0.25, 0.3) is 0 Å². The van der Waals surface area contributed by atoms with Crippen LogP contribution >= 0.6 is 0 Å². The zero-order valence-electron chi connectivity index (χ0n) is 14.5. The molecule has 1 aliphatic carbocycles. The first-order valence-electron chi connectivity index (χ1n) is 9.02. The summed E-state index contributed by atoms with van der Waals surface area (Å²) in [6.45, 7) is 6.54. The SMILES string of the molecule is Cc1noc(C)c1C(=O)N1CC[C@]2(CCCN(CC3CC3)C2=O)C1. The van der Waals surface area contributed by atoms with Crippen LogP contribution in [0.5, 0.6) is 0 Å². The van der Waals surface area contributed by atoms with Gasteiger partial charge < -0.3 is 14.3 Å². The van der Waals surface area contributed by atoms with Gasteiger partial charge in [-0.2, -0.15) is 0 Å². The summed E-state index contributed by atoms with van der Waals surface area (Å²) in [7, 11) is 0. The number of carbonyl (C=O) groups is 2. The first-order chi connectivity index (χ1) is 11.5. The minimum Gasteiger partial charge on any atom is -0.361 e. The fourth-order valence-electron chi connectivity index (χ4n) is 4.31. The number of hydrogen-bond acceptors (Lipinski definition) is 4. The van der Waals surface area contributed by atoms with E-state index in [1.807, 2.05) is 4.90 Å². The summed E-state index contributed by atoms with van der Waals surface area (Å²) in [5.74, 6) is 1.50. The fraction of sp³-hybridized carbons (Fsp3) is 0.722. The van der Waals surface area contributed by atoms with E-state index in [2.05, 4.69) is 10.1 Å². The third-order valence-corrected chi connectivity index (χ3v) is 5.89. The highest BCUT2D eigenvalue weighted by molar-refractivity contribution is 5.97. The second-order valence-corrected chi connectivity index (χ2v) is 7.75. The monoisotopic (exact) mass is 331 g/mol. The van der Waals surface area contributed by atoms with Gasteiger partial charge >= 0.3 is 0 Å². The standard InChI is InChI=1S/C18H25N3O3/c1-12-15(13(2)24-19-12)16(22)21-9-7-18(11-21)6-3-8-20(17(18)23)10-14-4-5-14/h14H,3-11H2,1-2H3/t18-/m1/s1. The number of rotatable bonds is 3. The average molecular weight is 331 g/mol. The number of aromatic nitrogens is 1. The summed E-state index contributed by atoms with van der Waals surface area (Å²) in [5, 5.41) is 3.88. The van der Waals surface area contributed by atoms with E-state index in [1.165, 1.54) is 12.8 Å². The summed E-state index contributed by atoms with van der Waals surface area (Å²) in [4.78, 5) is 29.8. The van der Waals surface area contributed by atoms with E-state index in [1.54, 1.807) is 13.8 Å². The number of nitrogens with zero attached hydrogens (tertiary/aromatic N) is 3. The Morgan fingerprint density at radius 1 is 1.29 bits per heavy atom. The Labute approximate surface area is 142 Å². The molecule has 6 nitrogen and oxygen atoms in total. The van der Waals surface area contributed by atoms with Gasteiger partial charge in [0, 0.05) is 26.2 Å². The largest absolute Gasteiger partial charge is 0.361 e. The molecule has 3 fully saturated rings. The van der Waals surface area contributed by atoms with Crippen molar-refractivity contribution < 1.29 is 14.1 Å². The van der Waals surface area contributed by atoms with E-state index in [4.69, 9.17) is 4.52 Å². The molecule has 0 unspecified atom stereocenters. The van der Waals surface area contributed by atoms with Gasteiger partial charge in [0.25, 0.3) is 5.91 Å². The molecule has 2 amide bonds. The van der Waals surface area contributed by atoms with Gasteiger partial charge in [0.2, 0.25) is 5.91 Å². The Kier molecular flexibility index (Phi) is 3.66. The maximum atomic E-state index is 13.1. The lowest BCUT2D eigenvalue weighted by Crippen LogP contribution is -2.51. The van der Waals surface area contributed by atoms with Crippen molar-refractivity contribution in [3.8, 4) is 0 Å². The third-order valence-electron chi connectivity index (χ3n) is 5.89. The lowest BCUT2D eigenvalue weighted by Gasteiger charge is -2.39. The molecule has 1 saturated carbocycles. The molecular formula is C18H25N3O3. The maximum absolute atomic E-state index is 13.1. The van der Waals surface area contributed by atoms with Crippen LogP contribution in [-0.2, 0) is 4.79 Å².